The molecular formula is C14H17N3O6. The van der Waals surface area contributed by atoms with E-state index in [-0.39, 0.29) is 23.8 Å². The van der Waals surface area contributed by atoms with Gasteiger partial charge in [-0.05, 0) is 18.9 Å². The summed E-state index contributed by atoms with van der Waals surface area (Å²) < 4.78 is 5.25. The number of nitrogens with one attached hydrogen (secondary N) is 1. The van der Waals surface area contributed by atoms with Crippen LogP contribution < -0.4 is 11.1 Å². The molecule has 0 saturated carbocycles. The zero-order valence-electron chi connectivity index (χ0n) is 12.2. The zero-order chi connectivity index (χ0) is 17.0. The molecule has 1 aliphatic rings. The van der Waals surface area contributed by atoms with Crippen LogP contribution in [0.1, 0.15) is 23.2 Å². The molecule has 0 aromatic heterocycles. The molecule has 2 rings (SSSR count). The summed E-state index contributed by atoms with van der Waals surface area (Å²) in [7, 11) is 0. The third-order valence-electron chi connectivity index (χ3n) is 3.74. The number of amides is 1. The second-order valence-corrected chi connectivity index (χ2v) is 5.26. The molecule has 9 nitrogen and oxygen atoms in total. The van der Waals surface area contributed by atoms with Crippen LogP contribution >= 0.6 is 0 Å². The first-order valence-electron chi connectivity index (χ1n) is 7.06. The monoisotopic (exact) mass is 323 g/mol. The predicted molar refractivity (Wildman–Crippen MR) is 79.9 cm³/mol. The Balaban J connectivity index is 2.20. The number of anilines is 1. The van der Waals surface area contributed by atoms with Gasteiger partial charge in [0.05, 0.1) is 17.1 Å². The molecule has 23 heavy (non-hydrogen) atoms. The van der Waals surface area contributed by atoms with Crippen LogP contribution in [0, 0.1) is 16.0 Å². The van der Waals surface area contributed by atoms with Gasteiger partial charge in [-0.2, -0.15) is 0 Å². The lowest BCUT2D eigenvalue weighted by molar-refractivity contribution is -0.383. The van der Waals surface area contributed by atoms with Gasteiger partial charge in [-0.3, -0.25) is 14.9 Å². The number of benzene rings is 1. The van der Waals surface area contributed by atoms with Crippen LogP contribution in [0.25, 0.3) is 0 Å². The minimum absolute atomic E-state index is 0.123. The average Bonchev–Trinajstić information content (AvgIpc) is 2.52. The third-order valence-corrected chi connectivity index (χ3v) is 3.74. The molecule has 0 bridgehead atoms. The molecule has 1 aliphatic heterocycles. The summed E-state index contributed by atoms with van der Waals surface area (Å²) >= 11 is 0. The van der Waals surface area contributed by atoms with E-state index in [0.29, 0.717) is 19.4 Å². The number of carboxylic acid groups (broad SMARTS) is 1. The van der Waals surface area contributed by atoms with Crippen LogP contribution in [0.3, 0.4) is 0 Å². The van der Waals surface area contributed by atoms with Gasteiger partial charge in [-0.1, -0.05) is 6.07 Å². The SMILES string of the molecule is Nc1c(C(=O)NC(C(=O)O)C2CCCOC2)cccc1[N+](=O)[O-]. The number of carbonyl (C=O) groups is 2. The number of nitrogens with zero attached hydrogens (tertiary/aromatic N) is 1. The van der Waals surface area contributed by atoms with Crippen LogP contribution in [0.5, 0.6) is 0 Å². The number of aliphatic carboxylic acids is 1. The fraction of sp³-hybridized carbons (Fsp3) is 0.429. The van der Waals surface area contributed by atoms with Gasteiger partial charge in [0.25, 0.3) is 11.6 Å². The Morgan fingerprint density at radius 2 is 2.22 bits per heavy atom. The summed E-state index contributed by atoms with van der Waals surface area (Å²) in [4.78, 5) is 33.9. The van der Waals surface area contributed by atoms with E-state index in [1.807, 2.05) is 0 Å². The number of nitro benzene ring substituents is 1. The highest BCUT2D eigenvalue weighted by atomic mass is 16.6. The second kappa shape index (κ2) is 7.05. The number of carbonyl (C=O) groups excluding carboxylic acids is 1. The van der Waals surface area contributed by atoms with E-state index in [4.69, 9.17) is 10.5 Å². The van der Waals surface area contributed by atoms with Gasteiger partial charge >= 0.3 is 5.97 Å². The van der Waals surface area contributed by atoms with Gasteiger partial charge in [0.15, 0.2) is 0 Å². The van der Waals surface area contributed by atoms with E-state index in [1.165, 1.54) is 18.2 Å². The largest absolute Gasteiger partial charge is 0.480 e. The van der Waals surface area contributed by atoms with Crippen LogP contribution in [0.2, 0.25) is 0 Å². The van der Waals surface area contributed by atoms with Crippen molar-refractivity contribution in [1.82, 2.24) is 5.32 Å². The number of para-hydroxylation sites is 1. The molecular weight excluding hydrogens is 306 g/mol. The summed E-state index contributed by atoms with van der Waals surface area (Å²) in [5.41, 5.74) is 4.83. The number of hydrogen-bond acceptors (Lipinski definition) is 6. The van der Waals surface area contributed by atoms with Crippen LogP contribution in [-0.2, 0) is 9.53 Å². The summed E-state index contributed by atoms with van der Waals surface area (Å²) in [5.74, 6) is -2.30. The summed E-state index contributed by atoms with van der Waals surface area (Å²) in [6, 6.07) is 2.67. The van der Waals surface area contributed by atoms with Gasteiger partial charge in [0.1, 0.15) is 11.7 Å². The maximum Gasteiger partial charge on any atom is 0.326 e. The second-order valence-electron chi connectivity index (χ2n) is 5.26. The minimum atomic E-state index is -1.18. The minimum Gasteiger partial charge on any atom is -0.480 e. The molecule has 4 N–H and O–H groups in total. The number of rotatable bonds is 5. The topological polar surface area (TPSA) is 145 Å². The lowest BCUT2D eigenvalue weighted by Crippen LogP contribution is -2.48. The molecule has 124 valence electrons. The molecule has 1 aromatic carbocycles. The lowest BCUT2D eigenvalue weighted by Gasteiger charge is -2.28. The first-order valence-corrected chi connectivity index (χ1v) is 7.06. The molecule has 0 radical (unpaired) electrons. The number of nitrogens with two attached hydrogens (primary N) is 1. The van der Waals surface area contributed by atoms with Gasteiger partial charge < -0.3 is 20.9 Å². The fourth-order valence-electron chi connectivity index (χ4n) is 2.54. The average molecular weight is 323 g/mol. The van der Waals surface area contributed by atoms with Crippen molar-refractivity contribution >= 4 is 23.3 Å². The van der Waals surface area contributed by atoms with Crippen molar-refractivity contribution in [2.24, 2.45) is 5.92 Å². The normalized spacial score (nSPS) is 18.9. The molecule has 2 atom stereocenters. The van der Waals surface area contributed by atoms with Crippen LogP contribution in [0.15, 0.2) is 18.2 Å². The van der Waals surface area contributed by atoms with E-state index < -0.39 is 28.5 Å². The Morgan fingerprint density at radius 3 is 2.78 bits per heavy atom. The zero-order valence-corrected chi connectivity index (χ0v) is 12.2. The number of carboxylic acids is 1. The molecule has 2 unspecified atom stereocenters. The maximum absolute atomic E-state index is 12.3. The first-order chi connectivity index (χ1) is 10.9. The molecule has 1 saturated heterocycles. The highest BCUT2D eigenvalue weighted by molar-refractivity contribution is 6.02. The fourth-order valence-corrected chi connectivity index (χ4v) is 2.54. The van der Waals surface area contributed by atoms with Crippen molar-refractivity contribution in [2.45, 2.75) is 18.9 Å². The van der Waals surface area contributed by atoms with Crippen molar-refractivity contribution in [2.75, 3.05) is 18.9 Å². The van der Waals surface area contributed by atoms with Gasteiger partial charge in [0, 0.05) is 18.6 Å². The molecule has 0 spiro atoms. The molecule has 1 aromatic rings. The predicted octanol–water partition coefficient (Wildman–Crippen LogP) is 0.787. The van der Waals surface area contributed by atoms with Gasteiger partial charge in [-0.15, -0.1) is 0 Å². The van der Waals surface area contributed by atoms with Gasteiger partial charge in [-0.25, -0.2) is 4.79 Å². The number of nitro groups is 1. The number of ether oxygens (including phenoxy) is 1. The third kappa shape index (κ3) is 3.75. The van der Waals surface area contributed by atoms with Crippen molar-refractivity contribution in [3.05, 3.63) is 33.9 Å². The summed E-state index contributed by atoms with van der Waals surface area (Å²) in [6.07, 6.45) is 1.32. The van der Waals surface area contributed by atoms with E-state index >= 15 is 0 Å². The van der Waals surface area contributed by atoms with E-state index in [1.54, 1.807) is 0 Å². The molecule has 0 aliphatic carbocycles. The smallest absolute Gasteiger partial charge is 0.326 e. The van der Waals surface area contributed by atoms with Crippen LogP contribution in [-0.4, -0.2) is 41.2 Å². The number of hydrogen-bond donors (Lipinski definition) is 3. The Morgan fingerprint density at radius 1 is 1.48 bits per heavy atom. The highest BCUT2D eigenvalue weighted by Crippen LogP contribution is 2.25. The van der Waals surface area contributed by atoms with Crippen molar-refractivity contribution in [3.8, 4) is 0 Å². The Hall–Kier alpha value is -2.68. The summed E-state index contributed by atoms with van der Waals surface area (Å²) in [5, 5.41) is 22.6. The first kappa shape index (κ1) is 16.7. The lowest BCUT2D eigenvalue weighted by atomic mass is 9.93. The highest BCUT2D eigenvalue weighted by Gasteiger charge is 2.32. The van der Waals surface area contributed by atoms with E-state index in [2.05, 4.69) is 5.32 Å². The van der Waals surface area contributed by atoms with Crippen LogP contribution in [0.4, 0.5) is 11.4 Å². The Bertz CT molecular complexity index is 627. The molecule has 1 heterocycles. The van der Waals surface area contributed by atoms with Crippen molar-refractivity contribution < 1.29 is 24.4 Å². The summed E-state index contributed by atoms with van der Waals surface area (Å²) in [6.45, 7) is 0.802. The molecule has 9 heteroatoms. The standard InChI is InChI=1S/C14H17N3O6/c15-11-9(4-1-5-10(11)17(21)22)13(18)16-12(14(19)20)8-3-2-6-23-7-8/h1,4-5,8,12H,2-3,6-7,15H2,(H,16,18)(H,19,20). The molecule has 1 amide bonds. The van der Waals surface area contributed by atoms with Crippen molar-refractivity contribution in [3.63, 3.8) is 0 Å². The Kier molecular flexibility index (Phi) is 5.12. The maximum atomic E-state index is 12.3. The van der Waals surface area contributed by atoms with E-state index in [9.17, 15) is 24.8 Å². The quantitative estimate of drug-likeness (QED) is 0.412. The van der Waals surface area contributed by atoms with E-state index in [0.717, 1.165) is 0 Å². The van der Waals surface area contributed by atoms with Gasteiger partial charge in [0.2, 0.25) is 0 Å². The number of nitrogen functional groups attached to an aromatic ring is 1. The Labute approximate surface area is 131 Å². The van der Waals surface area contributed by atoms with Crippen molar-refractivity contribution in [1.29, 1.82) is 0 Å². The molecule has 1 fully saturated rings.